The normalized spacial score (nSPS) is 18.5. The van der Waals surface area contributed by atoms with Crippen LogP contribution in [0.15, 0.2) is 0 Å². The third-order valence-electron chi connectivity index (χ3n) is 3.38. The minimum absolute atomic E-state index is 0.253. The highest BCUT2D eigenvalue weighted by Crippen LogP contribution is 2.15. The first-order valence-corrected chi connectivity index (χ1v) is 8.08. The molecule has 102 valence electrons. The van der Waals surface area contributed by atoms with Gasteiger partial charge < -0.3 is 10.1 Å². The maximum absolute atomic E-state index is 5.40. The summed E-state index contributed by atoms with van der Waals surface area (Å²) in [6, 6.07) is 0. The number of thioether (sulfide) groups is 1. The van der Waals surface area contributed by atoms with E-state index in [1.807, 2.05) is 11.8 Å². The Hall–Kier alpha value is 0.230. The van der Waals surface area contributed by atoms with Gasteiger partial charge in [-0.2, -0.15) is 11.8 Å². The molecule has 17 heavy (non-hydrogen) atoms. The predicted octanol–water partition coefficient (Wildman–Crippen LogP) is 1.83. The first-order valence-electron chi connectivity index (χ1n) is 6.69. The Labute approximate surface area is 111 Å². The zero-order valence-electron chi connectivity index (χ0n) is 11.6. The largest absolute Gasteiger partial charge is 0.379 e. The molecule has 0 unspecified atom stereocenters. The molecule has 0 spiro atoms. The van der Waals surface area contributed by atoms with E-state index in [4.69, 9.17) is 4.74 Å². The van der Waals surface area contributed by atoms with Crippen molar-refractivity contribution >= 4 is 11.8 Å². The smallest absolute Gasteiger partial charge is 0.0594 e. The average Bonchev–Trinajstić information content (AvgIpc) is 2.35. The van der Waals surface area contributed by atoms with E-state index in [1.54, 1.807) is 0 Å². The number of morpholine rings is 1. The van der Waals surface area contributed by atoms with Crippen LogP contribution in [0.25, 0.3) is 0 Å². The highest BCUT2D eigenvalue weighted by atomic mass is 32.2. The van der Waals surface area contributed by atoms with Gasteiger partial charge in [-0.1, -0.05) is 0 Å². The van der Waals surface area contributed by atoms with Crippen molar-refractivity contribution in [3.8, 4) is 0 Å². The van der Waals surface area contributed by atoms with Gasteiger partial charge in [-0.25, -0.2) is 0 Å². The molecule has 1 rings (SSSR count). The van der Waals surface area contributed by atoms with Gasteiger partial charge in [-0.15, -0.1) is 0 Å². The molecule has 1 aliphatic rings. The SMILES string of the molecule is CSCCCCNCC(C)(C)N1CCOCC1. The maximum Gasteiger partial charge on any atom is 0.0594 e. The van der Waals surface area contributed by atoms with Crippen LogP contribution >= 0.6 is 11.8 Å². The van der Waals surface area contributed by atoms with E-state index in [0.717, 1.165) is 39.4 Å². The van der Waals surface area contributed by atoms with Crippen LogP contribution in [0.1, 0.15) is 26.7 Å². The van der Waals surface area contributed by atoms with E-state index in [1.165, 1.54) is 18.6 Å². The number of ether oxygens (including phenoxy) is 1. The first kappa shape index (κ1) is 15.3. The third kappa shape index (κ3) is 6.09. The lowest BCUT2D eigenvalue weighted by atomic mass is 10.0. The van der Waals surface area contributed by atoms with Crippen molar-refractivity contribution in [2.24, 2.45) is 0 Å². The van der Waals surface area contributed by atoms with Crippen LogP contribution in [0.4, 0.5) is 0 Å². The fourth-order valence-electron chi connectivity index (χ4n) is 2.17. The van der Waals surface area contributed by atoms with Crippen LogP contribution in [-0.4, -0.2) is 61.8 Å². The molecule has 1 fully saturated rings. The van der Waals surface area contributed by atoms with Crippen molar-refractivity contribution in [2.45, 2.75) is 32.2 Å². The summed E-state index contributed by atoms with van der Waals surface area (Å²) in [4.78, 5) is 2.53. The van der Waals surface area contributed by atoms with Gasteiger partial charge >= 0.3 is 0 Å². The van der Waals surface area contributed by atoms with Crippen LogP contribution in [0.2, 0.25) is 0 Å². The summed E-state index contributed by atoms with van der Waals surface area (Å²) in [6.07, 6.45) is 4.79. The van der Waals surface area contributed by atoms with Crippen molar-refractivity contribution < 1.29 is 4.74 Å². The zero-order chi connectivity index (χ0) is 12.6. The second-order valence-corrected chi connectivity index (χ2v) is 6.27. The van der Waals surface area contributed by atoms with Gasteiger partial charge in [0.15, 0.2) is 0 Å². The van der Waals surface area contributed by atoms with Crippen molar-refractivity contribution in [3.05, 3.63) is 0 Å². The molecule has 1 N–H and O–H groups in total. The Morgan fingerprint density at radius 1 is 1.24 bits per heavy atom. The van der Waals surface area contributed by atoms with Crippen molar-refractivity contribution in [1.29, 1.82) is 0 Å². The Kier molecular flexibility index (Phi) is 7.51. The van der Waals surface area contributed by atoms with E-state index in [9.17, 15) is 0 Å². The molecule has 0 aromatic rings. The summed E-state index contributed by atoms with van der Waals surface area (Å²) in [5.74, 6) is 1.29. The Balaban J connectivity index is 2.10. The molecule has 3 nitrogen and oxygen atoms in total. The Bertz CT molecular complexity index is 194. The van der Waals surface area contributed by atoms with Gasteiger partial charge in [0, 0.05) is 25.2 Å². The highest BCUT2D eigenvalue weighted by molar-refractivity contribution is 7.98. The average molecular weight is 260 g/mol. The topological polar surface area (TPSA) is 24.5 Å². The minimum atomic E-state index is 0.253. The van der Waals surface area contributed by atoms with E-state index in [2.05, 4.69) is 30.3 Å². The lowest BCUT2D eigenvalue weighted by molar-refractivity contribution is -0.00953. The van der Waals surface area contributed by atoms with Gasteiger partial charge in [0.2, 0.25) is 0 Å². The van der Waals surface area contributed by atoms with E-state index in [-0.39, 0.29) is 5.54 Å². The second kappa shape index (κ2) is 8.35. The molecular formula is C13H28N2OS. The first-order chi connectivity index (χ1) is 8.17. The number of unbranched alkanes of at least 4 members (excludes halogenated alkanes) is 1. The Morgan fingerprint density at radius 3 is 2.59 bits per heavy atom. The molecular weight excluding hydrogens is 232 g/mol. The summed E-state index contributed by atoms with van der Waals surface area (Å²) < 4.78 is 5.40. The molecule has 1 saturated heterocycles. The summed E-state index contributed by atoms with van der Waals surface area (Å²) >= 11 is 1.94. The van der Waals surface area contributed by atoms with Crippen LogP contribution in [0, 0.1) is 0 Å². The van der Waals surface area contributed by atoms with Gasteiger partial charge in [0.05, 0.1) is 13.2 Å². The third-order valence-corrected chi connectivity index (χ3v) is 4.07. The molecule has 1 heterocycles. The standard InChI is InChI=1S/C13H28N2OS/c1-13(2,15-7-9-16-10-8-15)12-14-6-4-5-11-17-3/h14H,4-12H2,1-3H3. The van der Waals surface area contributed by atoms with Gasteiger partial charge in [0.25, 0.3) is 0 Å². The zero-order valence-corrected chi connectivity index (χ0v) is 12.4. The monoisotopic (exact) mass is 260 g/mol. The number of nitrogens with zero attached hydrogens (tertiary/aromatic N) is 1. The van der Waals surface area contributed by atoms with Crippen LogP contribution in [0.5, 0.6) is 0 Å². The summed E-state index contributed by atoms with van der Waals surface area (Å²) in [7, 11) is 0. The van der Waals surface area contributed by atoms with Crippen molar-refractivity contribution in [3.63, 3.8) is 0 Å². The molecule has 0 bridgehead atoms. The van der Waals surface area contributed by atoms with E-state index in [0.29, 0.717) is 0 Å². The molecule has 0 amide bonds. The van der Waals surface area contributed by atoms with Gasteiger partial charge in [-0.05, 0) is 45.2 Å². The predicted molar refractivity (Wildman–Crippen MR) is 77.0 cm³/mol. The molecule has 0 radical (unpaired) electrons. The fraction of sp³-hybridized carbons (Fsp3) is 1.00. The summed E-state index contributed by atoms with van der Waals surface area (Å²) in [5, 5.41) is 3.59. The number of hydrogen-bond acceptors (Lipinski definition) is 4. The molecule has 0 aromatic heterocycles. The fourth-order valence-corrected chi connectivity index (χ4v) is 2.66. The molecule has 4 heteroatoms. The van der Waals surface area contributed by atoms with Gasteiger partial charge in [-0.3, -0.25) is 4.90 Å². The van der Waals surface area contributed by atoms with Crippen LogP contribution in [0.3, 0.4) is 0 Å². The lowest BCUT2D eigenvalue weighted by Gasteiger charge is -2.41. The summed E-state index contributed by atoms with van der Waals surface area (Å²) in [6.45, 7) is 10.8. The number of nitrogens with one attached hydrogen (secondary N) is 1. The lowest BCUT2D eigenvalue weighted by Crippen LogP contribution is -2.54. The van der Waals surface area contributed by atoms with Crippen LogP contribution < -0.4 is 5.32 Å². The molecule has 0 aliphatic carbocycles. The highest BCUT2D eigenvalue weighted by Gasteiger charge is 2.27. The number of hydrogen-bond donors (Lipinski definition) is 1. The van der Waals surface area contributed by atoms with Crippen molar-refractivity contribution in [2.75, 3.05) is 51.4 Å². The van der Waals surface area contributed by atoms with Crippen molar-refractivity contribution in [1.82, 2.24) is 10.2 Å². The maximum atomic E-state index is 5.40. The summed E-state index contributed by atoms with van der Waals surface area (Å²) in [5.41, 5.74) is 0.253. The minimum Gasteiger partial charge on any atom is -0.379 e. The second-order valence-electron chi connectivity index (χ2n) is 5.29. The quantitative estimate of drug-likeness (QED) is 0.673. The molecule has 0 aromatic carbocycles. The van der Waals surface area contributed by atoms with Crippen LogP contribution in [-0.2, 0) is 4.74 Å². The van der Waals surface area contributed by atoms with E-state index < -0.39 is 0 Å². The molecule has 1 aliphatic heterocycles. The Morgan fingerprint density at radius 2 is 1.94 bits per heavy atom. The molecule has 0 atom stereocenters. The van der Waals surface area contributed by atoms with Gasteiger partial charge in [0.1, 0.15) is 0 Å². The number of rotatable bonds is 8. The molecule has 0 saturated carbocycles. The van der Waals surface area contributed by atoms with E-state index >= 15 is 0 Å².